The van der Waals surface area contributed by atoms with Gasteiger partial charge in [0.15, 0.2) is 0 Å². The predicted octanol–water partition coefficient (Wildman–Crippen LogP) is 2.27. The first-order valence-electron chi connectivity index (χ1n) is 3.18. The minimum Gasteiger partial charge on any atom is -0.0718 e. The first-order chi connectivity index (χ1) is 3.18. The average Bonchev–Trinajstić information content (AvgIpc) is 1.65. The van der Waals surface area contributed by atoms with Crippen LogP contribution in [0, 0.1) is 0 Å². The molecule has 0 N–H and O–H groups in total. The maximum atomic E-state index is 2.44. The Morgan fingerprint density at radius 2 is 1.86 bits per heavy atom. The fourth-order valence-corrected chi connectivity index (χ4v) is 1.41. The van der Waals surface area contributed by atoms with Gasteiger partial charge in [-0.2, -0.15) is 0 Å². The average molecular weight is 116 g/mol. The molecule has 44 valence electrons. The highest BCUT2D eigenvalue weighted by molar-refractivity contribution is 6.58. The van der Waals surface area contributed by atoms with E-state index >= 15 is 0 Å². The molecule has 0 radical (unpaired) electrons. The summed E-state index contributed by atoms with van der Waals surface area (Å²) in [6.07, 6.45) is 0. The first-order valence-corrected chi connectivity index (χ1v) is 5.82. The van der Waals surface area contributed by atoms with Crippen LogP contribution in [0.15, 0.2) is 0 Å². The second-order valence-corrected chi connectivity index (χ2v) is 6.73. The van der Waals surface area contributed by atoms with E-state index in [0.717, 1.165) is 5.54 Å². The van der Waals surface area contributed by atoms with Crippen LogP contribution in [0.1, 0.15) is 20.8 Å². The van der Waals surface area contributed by atoms with Crippen molar-refractivity contribution >= 4 is 8.80 Å². The molecule has 0 aromatic carbocycles. The quantitative estimate of drug-likeness (QED) is 0.485. The van der Waals surface area contributed by atoms with Gasteiger partial charge >= 0.3 is 0 Å². The van der Waals surface area contributed by atoms with Crippen molar-refractivity contribution in [1.82, 2.24) is 0 Å². The molecule has 1 unspecified atom stereocenters. The van der Waals surface area contributed by atoms with E-state index in [-0.39, 0.29) is 8.80 Å². The smallest absolute Gasteiger partial charge is 0.0359 e. The van der Waals surface area contributed by atoms with Crippen LogP contribution in [0.25, 0.3) is 0 Å². The van der Waals surface area contributed by atoms with Gasteiger partial charge in [0.2, 0.25) is 0 Å². The van der Waals surface area contributed by atoms with E-state index in [0.29, 0.717) is 0 Å². The third kappa shape index (κ3) is 2.86. The summed E-state index contributed by atoms with van der Waals surface area (Å²) in [5, 5.41) is 0. The number of rotatable bonds is 2. The third-order valence-electron chi connectivity index (χ3n) is 1.78. The highest BCUT2D eigenvalue weighted by Gasteiger charge is 2.03. The SMILES string of the molecule is CC[SiH](C)C(C)C. The zero-order chi connectivity index (χ0) is 5.86. The lowest BCUT2D eigenvalue weighted by Crippen LogP contribution is -2.08. The molecule has 0 saturated carbocycles. The van der Waals surface area contributed by atoms with Crippen LogP contribution in [0.4, 0.5) is 0 Å². The molecule has 0 spiro atoms. The van der Waals surface area contributed by atoms with Crippen LogP contribution < -0.4 is 0 Å². The van der Waals surface area contributed by atoms with Gasteiger partial charge in [0, 0.05) is 8.80 Å². The van der Waals surface area contributed by atoms with Crippen molar-refractivity contribution in [3.05, 3.63) is 0 Å². The summed E-state index contributed by atoms with van der Waals surface area (Å²) in [6.45, 7) is 9.41. The summed E-state index contributed by atoms with van der Waals surface area (Å²) in [5.74, 6) is 0. The largest absolute Gasteiger partial charge is 0.0718 e. The van der Waals surface area contributed by atoms with Crippen molar-refractivity contribution in [2.45, 2.75) is 38.9 Å². The van der Waals surface area contributed by atoms with Crippen molar-refractivity contribution in [3.63, 3.8) is 0 Å². The predicted molar refractivity (Wildman–Crippen MR) is 38.6 cm³/mol. The molecule has 1 atom stereocenters. The molecule has 0 amide bonds. The van der Waals surface area contributed by atoms with Crippen molar-refractivity contribution in [3.8, 4) is 0 Å². The Hall–Kier alpha value is 0.217. The second kappa shape index (κ2) is 3.25. The molecule has 0 aliphatic rings. The molecule has 0 heterocycles. The standard InChI is InChI=1S/C6H16Si/c1-5-7(4)6(2)3/h6-7H,5H2,1-4H3. The third-order valence-corrected chi connectivity index (χ3v) is 5.35. The van der Waals surface area contributed by atoms with Gasteiger partial charge in [-0.15, -0.1) is 0 Å². The van der Waals surface area contributed by atoms with Gasteiger partial charge < -0.3 is 0 Å². The molecule has 0 aliphatic carbocycles. The highest BCUT2D eigenvalue weighted by atomic mass is 28.3. The fourth-order valence-electron chi connectivity index (χ4n) is 0.471. The second-order valence-electron chi connectivity index (χ2n) is 2.63. The van der Waals surface area contributed by atoms with Crippen molar-refractivity contribution in [1.29, 1.82) is 0 Å². The summed E-state index contributed by atoms with van der Waals surface area (Å²) in [6, 6.07) is 1.46. The summed E-state index contributed by atoms with van der Waals surface area (Å²) in [7, 11) is -0.255. The van der Waals surface area contributed by atoms with Crippen LogP contribution in [0.2, 0.25) is 18.1 Å². The summed E-state index contributed by atoms with van der Waals surface area (Å²) in [4.78, 5) is 0. The van der Waals surface area contributed by atoms with Crippen LogP contribution >= 0.6 is 0 Å². The molecular weight excluding hydrogens is 100 g/mol. The topological polar surface area (TPSA) is 0 Å². The van der Waals surface area contributed by atoms with E-state index in [1.165, 1.54) is 6.04 Å². The summed E-state index contributed by atoms with van der Waals surface area (Å²) >= 11 is 0. The highest BCUT2D eigenvalue weighted by Crippen LogP contribution is 2.09. The molecule has 1 heteroatoms. The van der Waals surface area contributed by atoms with E-state index in [2.05, 4.69) is 27.3 Å². The first kappa shape index (κ1) is 7.22. The maximum Gasteiger partial charge on any atom is 0.0359 e. The molecular formula is C6H16Si. The van der Waals surface area contributed by atoms with Crippen LogP contribution in [-0.2, 0) is 0 Å². The van der Waals surface area contributed by atoms with Gasteiger partial charge in [-0.3, -0.25) is 0 Å². The molecule has 0 aromatic rings. The number of hydrogen-bond acceptors (Lipinski definition) is 0. The minimum absolute atomic E-state index is 0.255. The van der Waals surface area contributed by atoms with Gasteiger partial charge in [0.25, 0.3) is 0 Å². The molecule has 0 aromatic heterocycles. The van der Waals surface area contributed by atoms with Gasteiger partial charge in [0.05, 0.1) is 0 Å². The van der Waals surface area contributed by atoms with E-state index in [1.807, 2.05) is 0 Å². The molecule has 0 saturated heterocycles. The Labute approximate surface area is 48.5 Å². The van der Waals surface area contributed by atoms with Gasteiger partial charge in [-0.1, -0.05) is 38.9 Å². The van der Waals surface area contributed by atoms with Gasteiger partial charge in [-0.25, -0.2) is 0 Å². The van der Waals surface area contributed by atoms with Crippen LogP contribution in [0.5, 0.6) is 0 Å². The zero-order valence-corrected chi connectivity index (χ0v) is 7.02. The van der Waals surface area contributed by atoms with Crippen LogP contribution in [0.3, 0.4) is 0 Å². The Bertz CT molecular complexity index is 41.4. The Morgan fingerprint density at radius 3 is 1.86 bits per heavy atom. The Balaban J connectivity index is 3.14. The zero-order valence-electron chi connectivity index (χ0n) is 5.86. The molecule has 0 nitrogen and oxygen atoms in total. The van der Waals surface area contributed by atoms with E-state index < -0.39 is 0 Å². The van der Waals surface area contributed by atoms with E-state index in [1.54, 1.807) is 0 Å². The molecule has 0 bridgehead atoms. The lowest BCUT2D eigenvalue weighted by Gasteiger charge is -2.08. The summed E-state index contributed by atoms with van der Waals surface area (Å²) in [5.41, 5.74) is 1.00. The van der Waals surface area contributed by atoms with E-state index in [9.17, 15) is 0 Å². The lowest BCUT2D eigenvalue weighted by atomic mass is 10.6. The Kier molecular flexibility index (Phi) is 3.35. The normalized spacial score (nSPS) is 15.0. The van der Waals surface area contributed by atoms with Crippen molar-refractivity contribution in [2.24, 2.45) is 0 Å². The fraction of sp³-hybridized carbons (Fsp3) is 1.00. The lowest BCUT2D eigenvalue weighted by molar-refractivity contribution is 1.02. The number of hydrogen-bond donors (Lipinski definition) is 0. The maximum absolute atomic E-state index is 2.44. The summed E-state index contributed by atoms with van der Waals surface area (Å²) < 4.78 is 0. The van der Waals surface area contributed by atoms with Crippen molar-refractivity contribution < 1.29 is 0 Å². The van der Waals surface area contributed by atoms with Gasteiger partial charge in [-0.05, 0) is 0 Å². The Morgan fingerprint density at radius 1 is 1.43 bits per heavy atom. The van der Waals surface area contributed by atoms with Crippen LogP contribution in [-0.4, -0.2) is 8.80 Å². The van der Waals surface area contributed by atoms with Crippen molar-refractivity contribution in [2.75, 3.05) is 0 Å². The minimum atomic E-state index is -0.255. The monoisotopic (exact) mass is 116 g/mol. The van der Waals surface area contributed by atoms with Gasteiger partial charge in [0.1, 0.15) is 0 Å². The molecule has 0 fully saturated rings. The molecule has 0 rings (SSSR count). The van der Waals surface area contributed by atoms with E-state index in [4.69, 9.17) is 0 Å². The molecule has 0 aliphatic heterocycles. The molecule has 7 heavy (non-hydrogen) atoms.